The molecule has 9 heavy (non-hydrogen) atoms. The number of rotatable bonds is 3. The lowest BCUT2D eigenvalue weighted by Gasteiger charge is -2.24. The first-order valence-electron chi connectivity index (χ1n) is 2.61. The molecule has 1 aliphatic rings. The quantitative estimate of drug-likeness (QED) is 0.568. The van der Waals surface area contributed by atoms with Crippen LogP contribution in [-0.2, 0) is 20.3 Å². The Hall–Kier alpha value is 0.0300. The average Bonchev–Trinajstić information content (AvgIpc) is 1.60. The van der Waals surface area contributed by atoms with Crippen molar-refractivity contribution in [2.75, 3.05) is 19.8 Å². The molecule has 1 rings (SSSR count). The van der Waals surface area contributed by atoms with E-state index < -0.39 is 11.4 Å². The maximum atomic E-state index is 9.89. The van der Waals surface area contributed by atoms with Crippen LogP contribution in [0, 0.1) is 5.92 Å². The van der Waals surface area contributed by atoms with E-state index in [-0.39, 0.29) is 0 Å². The van der Waals surface area contributed by atoms with E-state index in [9.17, 15) is 4.21 Å². The SMILES string of the molecule is O=S(O)OCC1COC1. The minimum absolute atomic E-state index is 0.320. The number of hydrogen-bond donors (Lipinski definition) is 1. The molecule has 0 aromatic carbocycles. The smallest absolute Gasteiger partial charge is 0.301 e. The lowest BCUT2D eigenvalue weighted by Crippen LogP contribution is -2.31. The molecule has 4 nitrogen and oxygen atoms in total. The van der Waals surface area contributed by atoms with Gasteiger partial charge in [-0.15, -0.1) is 0 Å². The highest BCUT2D eigenvalue weighted by molar-refractivity contribution is 7.74. The van der Waals surface area contributed by atoms with E-state index in [2.05, 4.69) is 4.18 Å². The van der Waals surface area contributed by atoms with Gasteiger partial charge >= 0.3 is 11.4 Å². The first-order chi connectivity index (χ1) is 4.29. The monoisotopic (exact) mass is 152 g/mol. The van der Waals surface area contributed by atoms with Crippen LogP contribution in [0.5, 0.6) is 0 Å². The van der Waals surface area contributed by atoms with E-state index in [0.29, 0.717) is 25.7 Å². The molecular weight excluding hydrogens is 144 g/mol. The Balaban J connectivity index is 1.97. The van der Waals surface area contributed by atoms with E-state index in [1.54, 1.807) is 0 Å². The van der Waals surface area contributed by atoms with Crippen LogP contribution < -0.4 is 0 Å². The van der Waals surface area contributed by atoms with Crippen molar-refractivity contribution in [1.82, 2.24) is 0 Å². The zero-order chi connectivity index (χ0) is 6.69. The van der Waals surface area contributed by atoms with Crippen LogP contribution in [0.3, 0.4) is 0 Å². The molecule has 0 aromatic rings. The number of hydrogen-bond acceptors (Lipinski definition) is 3. The Kier molecular flexibility index (Phi) is 2.59. The fourth-order valence-electron chi connectivity index (χ4n) is 0.535. The van der Waals surface area contributed by atoms with Crippen molar-refractivity contribution >= 4 is 11.4 Å². The molecule has 0 aliphatic carbocycles. The molecule has 5 heteroatoms. The molecule has 0 spiro atoms. The molecular formula is C4H8O4S. The number of ether oxygens (including phenoxy) is 1. The molecule has 1 heterocycles. The van der Waals surface area contributed by atoms with Crippen molar-refractivity contribution in [3.63, 3.8) is 0 Å². The average molecular weight is 152 g/mol. The first-order valence-corrected chi connectivity index (χ1v) is 3.64. The maximum absolute atomic E-state index is 9.89. The Morgan fingerprint density at radius 2 is 2.44 bits per heavy atom. The summed E-state index contributed by atoms with van der Waals surface area (Å²) in [6.07, 6.45) is 0. The minimum atomic E-state index is -2.11. The Bertz CT molecular complexity index is 111. The molecule has 1 fully saturated rings. The highest BCUT2D eigenvalue weighted by Crippen LogP contribution is 2.09. The molecule has 1 N–H and O–H groups in total. The van der Waals surface area contributed by atoms with Crippen LogP contribution >= 0.6 is 0 Å². The second-order valence-electron chi connectivity index (χ2n) is 1.91. The van der Waals surface area contributed by atoms with E-state index in [1.807, 2.05) is 0 Å². The van der Waals surface area contributed by atoms with Crippen LogP contribution in [0.25, 0.3) is 0 Å². The van der Waals surface area contributed by atoms with Gasteiger partial charge < -0.3 is 4.74 Å². The van der Waals surface area contributed by atoms with Crippen molar-refractivity contribution in [2.45, 2.75) is 0 Å². The predicted octanol–water partition coefficient (Wildman–Crippen LogP) is -0.214. The summed E-state index contributed by atoms with van der Waals surface area (Å²) >= 11 is -2.11. The molecule has 1 unspecified atom stereocenters. The summed E-state index contributed by atoms with van der Waals surface area (Å²) in [7, 11) is 0. The lowest BCUT2D eigenvalue weighted by atomic mass is 10.1. The predicted molar refractivity (Wildman–Crippen MR) is 31.0 cm³/mol. The van der Waals surface area contributed by atoms with Gasteiger partial charge in [0.2, 0.25) is 0 Å². The second-order valence-corrected chi connectivity index (χ2v) is 2.58. The Morgan fingerprint density at radius 3 is 2.78 bits per heavy atom. The van der Waals surface area contributed by atoms with Gasteiger partial charge in [0.15, 0.2) is 0 Å². The maximum Gasteiger partial charge on any atom is 0.301 e. The lowest BCUT2D eigenvalue weighted by molar-refractivity contribution is -0.0500. The van der Waals surface area contributed by atoms with Crippen molar-refractivity contribution < 1.29 is 17.7 Å². The molecule has 0 saturated carbocycles. The third kappa shape index (κ3) is 2.40. The molecule has 1 aliphatic heterocycles. The summed E-state index contributed by atoms with van der Waals surface area (Å²) in [4.78, 5) is 0. The van der Waals surface area contributed by atoms with Gasteiger partial charge in [-0.05, 0) is 0 Å². The van der Waals surface area contributed by atoms with Crippen LogP contribution in [0.15, 0.2) is 0 Å². The first kappa shape index (κ1) is 7.14. The van der Waals surface area contributed by atoms with Crippen LogP contribution in [-0.4, -0.2) is 28.6 Å². The summed E-state index contributed by atoms with van der Waals surface area (Å²) < 4.78 is 27.2. The molecule has 0 amide bonds. The highest BCUT2D eigenvalue weighted by atomic mass is 32.2. The molecule has 0 aromatic heterocycles. The van der Waals surface area contributed by atoms with E-state index in [0.717, 1.165) is 0 Å². The van der Waals surface area contributed by atoms with Crippen LogP contribution in [0.1, 0.15) is 0 Å². The van der Waals surface area contributed by atoms with Gasteiger partial charge in [-0.1, -0.05) is 0 Å². The highest BCUT2D eigenvalue weighted by Gasteiger charge is 2.18. The third-order valence-electron chi connectivity index (χ3n) is 1.11. The second kappa shape index (κ2) is 3.26. The van der Waals surface area contributed by atoms with E-state index in [1.165, 1.54) is 0 Å². The summed E-state index contributed by atoms with van der Waals surface area (Å²) in [5.74, 6) is 0.320. The molecule has 54 valence electrons. The minimum Gasteiger partial charge on any atom is -0.381 e. The zero-order valence-electron chi connectivity index (χ0n) is 4.78. The fourth-order valence-corrected chi connectivity index (χ4v) is 0.844. The normalized spacial score (nSPS) is 23.2. The van der Waals surface area contributed by atoms with Crippen LogP contribution in [0.2, 0.25) is 0 Å². The van der Waals surface area contributed by atoms with Crippen molar-refractivity contribution in [2.24, 2.45) is 5.92 Å². The molecule has 1 atom stereocenters. The standard InChI is InChI=1S/C4H8O4S/c5-9(6)8-3-4-1-7-2-4/h4H,1-3H2,(H,5,6). The van der Waals surface area contributed by atoms with Crippen molar-refractivity contribution in [3.05, 3.63) is 0 Å². The Morgan fingerprint density at radius 1 is 1.78 bits per heavy atom. The Labute approximate surface area is 55.6 Å². The molecule has 0 radical (unpaired) electrons. The third-order valence-corrected chi connectivity index (χ3v) is 1.45. The molecule has 0 bridgehead atoms. The van der Waals surface area contributed by atoms with Gasteiger partial charge in [-0.2, -0.15) is 4.21 Å². The van der Waals surface area contributed by atoms with Gasteiger partial charge in [0, 0.05) is 5.92 Å². The van der Waals surface area contributed by atoms with Gasteiger partial charge in [0.25, 0.3) is 0 Å². The summed E-state index contributed by atoms with van der Waals surface area (Å²) in [6.45, 7) is 1.62. The summed E-state index contributed by atoms with van der Waals surface area (Å²) in [5, 5.41) is 0. The van der Waals surface area contributed by atoms with Gasteiger partial charge in [-0.3, -0.25) is 8.74 Å². The largest absolute Gasteiger partial charge is 0.381 e. The van der Waals surface area contributed by atoms with Crippen molar-refractivity contribution in [1.29, 1.82) is 0 Å². The molecule has 1 saturated heterocycles. The fraction of sp³-hybridized carbons (Fsp3) is 1.00. The topological polar surface area (TPSA) is 55.8 Å². The van der Waals surface area contributed by atoms with Crippen molar-refractivity contribution in [3.8, 4) is 0 Å². The zero-order valence-corrected chi connectivity index (χ0v) is 5.60. The summed E-state index contributed by atoms with van der Waals surface area (Å²) in [6, 6.07) is 0. The van der Waals surface area contributed by atoms with E-state index >= 15 is 0 Å². The summed E-state index contributed by atoms with van der Waals surface area (Å²) in [5.41, 5.74) is 0. The van der Waals surface area contributed by atoms with E-state index in [4.69, 9.17) is 9.29 Å². The van der Waals surface area contributed by atoms with Gasteiger partial charge in [0.1, 0.15) is 0 Å². The van der Waals surface area contributed by atoms with Gasteiger partial charge in [0.05, 0.1) is 19.8 Å². The van der Waals surface area contributed by atoms with Crippen LogP contribution in [0.4, 0.5) is 0 Å². The van der Waals surface area contributed by atoms with Gasteiger partial charge in [-0.25, -0.2) is 0 Å².